The second-order valence-electron chi connectivity index (χ2n) is 2.53. The van der Waals surface area contributed by atoms with Crippen molar-refractivity contribution >= 4 is 0 Å². The van der Waals surface area contributed by atoms with Crippen molar-refractivity contribution in [2.75, 3.05) is 6.54 Å². The van der Waals surface area contributed by atoms with E-state index in [9.17, 15) is 9.50 Å². The molecule has 1 atom stereocenters. The molecule has 1 aromatic heterocycles. The monoisotopic (exact) mass is 170 g/mol. The Labute approximate surface area is 70.0 Å². The number of nitrogens with zero attached hydrogens (tertiary/aromatic N) is 1. The number of halogens is 1. The summed E-state index contributed by atoms with van der Waals surface area (Å²) in [5.74, 6) is -0.441. The fourth-order valence-electron chi connectivity index (χ4n) is 0.935. The van der Waals surface area contributed by atoms with Crippen molar-refractivity contribution in [1.29, 1.82) is 0 Å². The molecule has 4 heteroatoms. The molecule has 0 spiro atoms. The van der Waals surface area contributed by atoms with Crippen LogP contribution in [0.25, 0.3) is 0 Å². The van der Waals surface area contributed by atoms with Crippen LogP contribution < -0.4 is 5.73 Å². The molecule has 0 saturated carbocycles. The summed E-state index contributed by atoms with van der Waals surface area (Å²) in [6.07, 6.45) is 2.24. The van der Waals surface area contributed by atoms with E-state index in [2.05, 4.69) is 4.98 Å². The Balaban J connectivity index is 2.73. The molecule has 0 aliphatic carbocycles. The Morgan fingerprint density at radius 2 is 2.33 bits per heavy atom. The van der Waals surface area contributed by atoms with Gasteiger partial charge in [0.15, 0.2) is 0 Å². The first-order valence-electron chi connectivity index (χ1n) is 3.72. The fourth-order valence-corrected chi connectivity index (χ4v) is 0.935. The van der Waals surface area contributed by atoms with E-state index in [1.807, 2.05) is 0 Å². The summed E-state index contributed by atoms with van der Waals surface area (Å²) in [4.78, 5) is 3.61. The van der Waals surface area contributed by atoms with Crippen LogP contribution in [0.3, 0.4) is 0 Å². The summed E-state index contributed by atoms with van der Waals surface area (Å²) < 4.78 is 12.6. The Kier molecular flexibility index (Phi) is 3.13. The number of hydrogen-bond acceptors (Lipinski definition) is 3. The molecule has 0 unspecified atom stereocenters. The zero-order valence-electron chi connectivity index (χ0n) is 6.57. The van der Waals surface area contributed by atoms with Crippen LogP contribution in [-0.2, 0) is 0 Å². The molecule has 12 heavy (non-hydrogen) atoms. The molecule has 3 nitrogen and oxygen atoms in total. The quantitative estimate of drug-likeness (QED) is 0.698. The average Bonchev–Trinajstić information content (AvgIpc) is 2.05. The standard InChI is InChI=1S/C8H11FN2O/c9-7-3-6(4-11-5-7)8(12)1-2-10/h3-5,8,12H,1-2,10H2/t8-/m1/s1. The number of aromatic nitrogens is 1. The highest BCUT2D eigenvalue weighted by atomic mass is 19.1. The number of rotatable bonds is 3. The van der Waals surface area contributed by atoms with Crippen LogP contribution >= 0.6 is 0 Å². The second-order valence-corrected chi connectivity index (χ2v) is 2.53. The molecule has 1 rings (SSSR count). The maximum absolute atomic E-state index is 12.6. The predicted molar refractivity (Wildman–Crippen MR) is 42.8 cm³/mol. The first kappa shape index (κ1) is 9.09. The van der Waals surface area contributed by atoms with Crippen molar-refractivity contribution in [3.8, 4) is 0 Å². The third-order valence-corrected chi connectivity index (χ3v) is 1.55. The van der Waals surface area contributed by atoms with Gasteiger partial charge >= 0.3 is 0 Å². The van der Waals surface area contributed by atoms with Crippen LogP contribution in [0.2, 0.25) is 0 Å². The molecule has 0 bridgehead atoms. The molecule has 0 amide bonds. The normalized spacial score (nSPS) is 12.9. The zero-order valence-corrected chi connectivity index (χ0v) is 6.57. The van der Waals surface area contributed by atoms with Crippen LogP contribution in [0.5, 0.6) is 0 Å². The molecule has 0 fully saturated rings. The smallest absolute Gasteiger partial charge is 0.141 e. The van der Waals surface area contributed by atoms with E-state index in [0.717, 1.165) is 6.20 Å². The third-order valence-electron chi connectivity index (χ3n) is 1.55. The number of aliphatic hydroxyl groups excluding tert-OH is 1. The van der Waals surface area contributed by atoms with Crippen molar-refractivity contribution < 1.29 is 9.50 Å². The van der Waals surface area contributed by atoms with Crippen LogP contribution in [0.4, 0.5) is 4.39 Å². The number of aliphatic hydroxyl groups is 1. The minimum Gasteiger partial charge on any atom is -0.388 e. The Morgan fingerprint density at radius 1 is 1.58 bits per heavy atom. The Bertz CT molecular complexity index is 255. The molecule has 66 valence electrons. The molecule has 0 aliphatic rings. The maximum Gasteiger partial charge on any atom is 0.141 e. The van der Waals surface area contributed by atoms with Gasteiger partial charge in [0.2, 0.25) is 0 Å². The molecule has 3 N–H and O–H groups in total. The first-order valence-corrected chi connectivity index (χ1v) is 3.72. The van der Waals surface area contributed by atoms with E-state index in [0.29, 0.717) is 18.5 Å². The second kappa shape index (κ2) is 4.13. The van der Waals surface area contributed by atoms with E-state index in [4.69, 9.17) is 5.73 Å². The van der Waals surface area contributed by atoms with Gasteiger partial charge in [-0.15, -0.1) is 0 Å². The highest BCUT2D eigenvalue weighted by Crippen LogP contribution is 2.14. The van der Waals surface area contributed by atoms with Crippen molar-refractivity contribution in [3.05, 3.63) is 29.8 Å². The van der Waals surface area contributed by atoms with Gasteiger partial charge in [0.05, 0.1) is 12.3 Å². The average molecular weight is 170 g/mol. The highest BCUT2D eigenvalue weighted by Gasteiger charge is 2.06. The predicted octanol–water partition coefficient (Wildman–Crippen LogP) is 0.603. The molecule has 0 aromatic carbocycles. The molecule has 1 heterocycles. The van der Waals surface area contributed by atoms with Crippen LogP contribution in [0, 0.1) is 5.82 Å². The van der Waals surface area contributed by atoms with Gasteiger partial charge in [-0.3, -0.25) is 4.98 Å². The number of hydrogen-bond donors (Lipinski definition) is 2. The summed E-state index contributed by atoms with van der Waals surface area (Å²) >= 11 is 0. The lowest BCUT2D eigenvalue weighted by atomic mass is 10.1. The molecule has 0 aliphatic heterocycles. The maximum atomic E-state index is 12.6. The number of nitrogens with two attached hydrogens (primary N) is 1. The van der Waals surface area contributed by atoms with Gasteiger partial charge in [-0.25, -0.2) is 4.39 Å². The van der Waals surface area contributed by atoms with Crippen LogP contribution in [-0.4, -0.2) is 16.6 Å². The lowest BCUT2D eigenvalue weighted by molar-refractivity contribution is 0.169. The lowest BCUT2D eigenvalue weighted by Gasteiger charge is -2.07. The van der Waals surface area contributed by atoms with Gasteiger partial charge < -0.3 is 10.8 Å². The van der Waals surface area contributed by atoms with E-state index in [-0.39, 0.29) is 0 Å². The summed E-state index contributed by atoms with van der Waals surface area (Å²) in [6, 6.07) is 1.26. The zero-order chi connectivity index (χ0) is 8.97. The van der Waals surface area contributed by atoms with Crippen molar-refractivity contribution in [1.82, 2.24) is 4.98 Å². The largest absolute Gasteiger partial charge is 0.388 e. The molecule has 0 saturated heterocycles. The SMILES string of the molecule is NCC[C@@H](O)c1cncc(F)c1. The first-order chi connectivity index (χ1) is 5.74. The fraction of sp³-hybridized carbons (Fsp3) is 0.375. The summed E-state index contributed by atoms with van der Waals surface area (Å²) in [7, 11) is 0. The van der Waals surface area contributed by atoms with E-state index >= 15 is 0 Å². The molecule has 1 aromatic rings. The van der Waals surface area contributed by atoms with E-state index in [1.165, 1.54) is 12.3 Å². The van der Waals surface area contributed by atoms with Gasteiger partial charge in [0.1, 0.15) is 5.82 Å². The molecule has 0 radical (unpaired) electrons. The number of pyridine rings is 1. The minimum atomic E-state index is -0.710. The molecular weight excluding hydrogens is 159 g/mol. The van der Waals surface area contributed by atoms with Crippen LogP contribution in [0.1, 0.15) is 18.1 Å². The summed E-state index contributed by atoms with van der Waals surface area (Å²) in [6.45, 7) is 0.373. The Hall–Kier alpha value is -1.00. The Morgan fingerprint density at radius 3 is 2.92 bits per heavy atom. The van der Waals surface area contributed by atoms with E-state index in [1.54, 1.807) is 0 Å². The van der Waals surface area contributed by atoms with E-state index < -0.39 is 11.9 Å². The van der Waals surface area contributed by atoms with Gasteiger partial charge in [0, 0.05) is 11.8 Å². The topological polar surface area (TPSA) is 59.1 Å². The van der Waals surface area contributed by atoms with Gasteiger partial charge in [-0.2, -0.15) is 0 Å². The third kappa shape index (κ3) is 2.25. The molecular formula is C8H11FN2O. The van der Waals surface area contributed by atoms with Gasteiger partial charge in [0.25, 0.3) is 0 Å². The van der Waals surface area contributed by atoms with Crippen molar-refractivity contribution in [2.45, 2.75) is 12.5 Å². The highest BCUT2D eigenvalue weighted by molar-refractivity contribution is 5.12. The van der Waals surface area contributed by atoms with Crippen LogP contribution in [0.15, 0.2) is 18.5 Å². The van der Waals surface area contributed by atoms with Crippen molar-refractivity contribution in [2.24, 2.45) is 5.73 Å². The summed E-state index contributed by atoms with van der Waals surface area (Å²) in [5, 5.41) is 9.36. The van der Waals surface area contributed by atoms with Crippen molar-refractivity contribution in [3.63, 3.8) is 0 Å². The lowest BCUT2D eigenvalue weighted by Crippen LogP contribution is -2.07. The minimum absolute atomic E-state index is 0.373. The van der Waals surface area contributed by atoms with Gasteiger partial charge in [-0.1, -0.05) is 0 Å². The van der Waals surface area contributed by atoms with Gasteiger partial charge in [-0.05, 0) is 19.0 Å². The summed E-state index contributed by atoms with van der Waals surface area (Å²) in [5.41, 5.74) is 5.70.